The van der Waals surface area contributed by atoms with Crippen LogP contribution in [0.15, 0.2) is 85.2 Å². The second-order valence-corrected chi connectivity index (χ2v) is 9.68. The minimum absolute atomic E-state index is 0.894. The summed E-state index contributed by atoms with van der Waals surface area (Å²) in [5, 5.41) is 1.04. The van der Waals surface area contributed by atoms with Crippen molar-refractivity contribution in [3.63, 3.8) is 0 Å². The maximum Gasteiger partial charge on any atom is 0.165 e. The van der Waals surface area contributed by atoms with Gasteiger partial charge in [0.15, 0.2) is 5.65 Å². The molecule has 0 unspecified atom stereocenters. The first kappa shape index (κ1) is 17.8. The van der Waals surface area contributed by atoms with Crippen molar-refractivity contribution in [1.82, 2.24) is 19.4 Å². The molecular weight excluding hydrogens is 428 g/mol. The van der Waals surface area contributed by atoms with Gasteiger partial charge in [-0.05, 0) is 93.7 Å². The molecule has 7 aromatic rings. The maximum atomic E-state index is 5.15. The first-order valence-electron chi connectivity index (χ1n) is 12.0. The molecule has 0 fully saturated rings. The Morgan fingerprint density at radius 2 is 1.51 bits per heavy atom. The van der Waals surface area contributed by atoms with E-state index in [1.54, 1.807) is 0 Å². The predicted octanol–water partition coefficient (Wildman–Crippen LogP) is 6.73. The van der Waals surface area contributed by atoms with Crippen LogP contribution in [-0.2, 0) is 12.8 Å². The number of imidazole rings is 1. The second kappa shape index (κ2) is 6.10. The van der Waals surface area contributed by atoms with E-state index in [0.29, 0.717) is 0 Å². The van der Waals surface area contributed by atoms with E-state index in [1.165, 1.54) is 44.5 Å². The summed E-state index contributed by atoms with van der Waals surface area (Å²) in [5.41, 5.74) is 17.1. The largest absolute Gasteiger partial charge is 0.289 e. The van der Waals surface area contributed by atoms with Crippen LogP contribution in [0.2, 0.25) is 0 Å². The van der Waals surface area contributed by atoms with Crippen molar-refractivity contribution in [3.8, 4) is 22.3 Å². The highest BCUT2D eigenvalue weighted by molar-refractivity contribution is 6.11. The summed E-state index contributed by atoms with van der Waals surface area (Å²) in [5.74, 6) is 0. The fraction of sp³-hybridized carbons (Fsp3) is 0.0645. The number of nitrogens with zero attached hydrogens (tertiary/aromatic N) is 4. The zero-order chi connectivity index (χ0) is 22.7. The van der Waals surface area contributed by atoms with Gasteiger partial charge in [0, 0.05) is 17.8 Å². The summed E-state index contributed by atoms with van der Waals surface area (Å²) in [6.07, 6.45) is 5.65. The Balaban J connectivity index is 1.38. The Morgan fingerprint density at radius 3 is 2.49 bits per heavy atom. The first-order chi connectivity index (χ1) is 17.3. The molecule has 0 saturated heterocycles. The van der Waals surface area contributed by atoms with Gasteiger partial charge in [0.05, 0.1) is 22.1 Å². The van der Waals surface area contributed by atoms with E-state index in [0.717, 1.165) is 51.5 Å². The molecule has 0 radical (unpaired) electrons. The van der Waals surface area contributed by atoms with E-state index in [4.69, 9.17) is 15.0 Å². The average molecular weight is 447 g/mol. The van der Waals surface area contributed by atoms with Crippen molar-refractivity contribution >= 4 is 38.6 Å². The summed E-state index contributed by atoms with van der Waals surface area (Å²) in [6, 6.07) is 26.3. The van der Waals surface area contributed by atoms with Crippen molar-refractivity contribution in [2.24, 2.45) is 0 Å². The van der Waals surface area contributed by atoms with Crippen LogP contribution in [0.1, 0.15) is 22.3 Å². The standard InChI is InChI=1S/C31H18N4/c1-2-6-20-17(5-1)14-24-21(20)10-9-18-13-19-15-27-25(16-23(19)28(18)24)34-31-30-22(7-3-11-33-30)29-26(35(27)31)8-4-12-32-29/h1-12,15-16H,13-14H2. The lowest BCUT2D eigenvalue weighted by Gasteiger charge is -2.09. The third kappa shape index (κ3) is 2.15. The molecule has 0 saturated carbocycles. The summed E-state index contributed by atoms with van der Waals surface area (Å²) >= 11 is 0. The highest BCUT2D eigenvalue weighted by atomic mass is 15.0. The molecule has 0 N–H and O–H groups in total. The van der Waals surface area contributed by atoms with Crippen molar-refractivity contribution in [1.29, 1.82) is 0 Å². The minimum Gasteiger partial charge on any atom is -0.289 e. The van der Waals surface area contributed by atoms with Crippen LogP contribution in [0.4, 0.5) is 0 Å². The fourth-order valence-corrected chi connectivity index (χ4v) is 6.46. The Kier molecular flexibility index (Phi) is 3.11. The zero-order valence-electron chi connectivity index (χ0n) is 18.8. The van der Waals surface area contributed by atoms with Crippen LogP contribution in [0.5, 0.6) is 0 Å². The van der Waals surface area contributed by atoms with Gasteiger partial charge < -0.3 is 0 Å². The van der Waals surface area contributed by atoms with Crippen LogP contribution < -0.4 is 0 Å². The van der Waals surface area contributed by atoms with Gasteiger partial charge in [0.1, 0.15) is 5.52 Å². The van der Waals surface area contributed by atoms with E-state index >= 15 is 0 Å². The minimum atomic E-state index is 0.894. The van der Waals surface area contributed by atoms with Crippen LogP contribution >= 0.6 is 0 Å². The molecule has 9 rings (SSSR count). The molecule has 4 nitrogen and oxygen atoms in total. The van der Waals surface area contributed by atoms with Gasteiger partial charge in [0.25, 0.3) is 0 Å². The van der Waals surface area contributed by atoms with Gasteiger partial charge in [-0.25, -0.2) is 4.98 Å². The number of hydrogen-bond donors (Lipinski definition) is 0. The molecule has 162 valence electrons. The molecule has 4 heterocycles. The number of hydrogen-bond acceptors (Lipinski definition) is 3. The molecule has 0 aliphatic heterocycles. The van der Waals surface area contributed by atoms with Gasteiger partial charge in [-0.2, -0.15) is 0 Å². The quantitative estimate of drug-likeness (QED) is 0.243. The third-order valence-electron chi connectivity index (χ3n) is 7.91. The van der Waals surface area contributed by atoms with Gasteiger partial charge in [-0.15, -0.1) is 0 Å². The molecule has 0 amide bonds. The SMILES string of the molecule is c1ccc2c(c1)Cc1c-2ccc2c1-c1cc3nc4c5ncccc5c5ncccc5n4c3cc1C2. The van der Waals surface area contributed by atoms with Crippen LogP contribution in [0.3, 0.4) is 0 Å². The van der Waals surface area contributed by atoms with E-state index in [-0.39, 0.29) is 0 Å². The number of rotatable bonds is 0. The fourth-order valence-electron chi connectivity index (χ4n) is 6.46. The molecule has 0 bridgehead atoms. The van der Waals surface area contributed by atoms with E-state index in [1.807, 2.05) is 24.5 Å². The lowest BCUT2D eigenvalue weighted by atomic mass is 9.95. The smallest absolute Gasteiger partial charge is 0.165 e. The molecule has 4 aromatic heterocycles. The average Bonchev–Trinajstić information content (AvgIpc) is 3.58. The predicted molar refractivity (Wildman–Crippen MR) is 140 cm³/mol. The molecule has 35 heavy (non-hydrogen) atoms. The third-order valence-corrected chi connectivity index (χ3v) is 7.91. The van der Waals surface area contributed by atoms with Crippen molar-refractivity contribution < 1.29 is 0 Å². The van der Waals surface area contributed by atoms with Gasteiger partial charge in [-0.3, -0.25) is 14.4 Å². The maximum absolute atomic E-state index is 5.15. The summed E-state index contributed by atoms with van der Waals surface area (Å²) < 4.78 is 2.25. The second-order valence-electron chi connectivity index (χ2n) is 9.68. The summed E-state index contributed by atoms with van der Waals surface area (Å²) in [4.78, 5) is 14.6. The summed E-state index contributed by atoms with van der Waals surface area (Å²) in [7, 11) is 0. The Hall–Kier alpha value is -4.57. The van der Waals surface area contributed by atoms with Crippen molar-refractivity contribution in [3.05, 3.63) is 107 Å². The van der Waals surface area contributed by atoms with E-state index in [9.17, 15) is 0 Å². The molecular formula is C31H18N4. The Bertz CT molecular complexity index is 2070. The molecule has 2 aliphatic carbocycles. The number of benzene rings is 3. The zero-order valence-corrected chi connectivity index (χ0v) is 18.8. The lowest BCUT2D eigenvalue weighted by Crippen LogP contribution is -1.94. The lowest BCUT2D eigenvalue weighted by molar-refractivity contribution is 1.23. The van der Waals surface area contributed by atoms with E-state index in [2.05, 4.69) is 65.1 Å². The molecule has 0 atom stereocenters. The first-order valence-corrected chi connectivity index (χ1v) is 12.0. The van der Waals surface area contributed by atoms with Crippen LogP contribution in [0, 0.1) is 0 Å². The van der Waals surface area contributed by atoms with Gasteiger partial charge >= 0.3 is 0 Å². The Morgan fingerprint density at radius 1 is 0.629 bits per heavy atom. The number of aromatic nitrogens is 4. The molecule has 3 aromatic carbocycles. The highest BCUT2D eigenvalue weighted by Gasteiger charge is 2.29. The van der Waals surface area contributed by atoms with E-state index < -0.39 is 0 Å². The van der Waals surface area contributed by atoms with Crippen LogP contribution in [0.25, 0.3) is 60.9 Å². The normalized spacial score (nSPS) is 13.5. The topological polar surface area (TPSA) is 43.1 Å². The number of fused-ring (bicyclic) bond motifs is 15. The van der Waals surface area contributed by atoms with Gasteiger partial charge in [0.2, 0.25) is 0 Å². The van der Waals surface area contributed by atoms with Crippen LogP contribution in [-0.4, -0.2) is 19.4 Å². The Labute approximate surface area is 200 Å². The highest BCUT2D eigenvalue weighted by Crippen LogP contribution is 2.48. The summed E-state index contributed by atoms with van der Waals surface area (Å²) in [6.45, 7) is 0. The van der Waals surface area contributed by atoms with Gasteiger partial charge in [-0.1, -0.05) is 36.4 Å². The molecule has 2 aliphatic rings. The van der Waals surface area contributed by atoms with Crippen molar-refractivity contribution in [2.75, 3.05) is 0 Å². The molecule has 0 spiro atoms. The van der Waals surface area contributed by atoms with Crippen molar-refractivity contribution in [2.45, 2.75) is 12.8 Å². The molecule has 4 heteroatoms. The number of pyridine rings is 3. The monoisotopic (exact) mass is 446 g/mol.